The molecule has 0 radical (unpaired) electrons. The van der Waals surface area contributed by atoms with Gasteiger partial charge in [-0.2, -0.15) is 16.8 Å². The van der Waals surface area contributed by atoms with E-state index in [1.165, 1.54) is 30.4 Å². The van der Waals surface area contributed by atoms with E-state index in [-0.39, 0.29) is 64.2 Å². The zero-order valence-corrected chi connectivity index (χ0v) is 34.7. The number of hydrogen-bond donors (Lipinski definition) is 5. The van der Waals surface area contributed by atoms with Crippen molar-refractivity contribution >= 4 is 66.3 Å². The number of nitrogens with zero attached hydrogens (tertiary/aromatic N) is 2. The Hall–Kier alpha value is -5.95. The van der Waals surface area contributed by atoms with Gasteiger partial charge in [0.05, 0.1) is 22.0 Å². The van der Waals surface area contributed by atoms with Crippen molar-refractivity contribution in [1.82, 2.24) is 10.2 Å². The lowest BCUT2D eigenvalue weighted by Gasteiger charge is -2.34. The maximum Gasteiger partial charge on any atom is 0.336 e. The van der Waals surface area contributed by atoms with E-state index in [2.05, 4.69) is 10.6 Å². The molecule has 16 nitrogen and oxygen atoms in total. The molecule has 3 amide bonds. The van der Waals surface area contributed by atoms with E-state index in [0.29, 0.717) is 57.8 Å². The summed E-state index contributed by atoms with van der Waals surface area (Å²) in [4.78, 5) is 56.0. The van der Waals surface area contributed by atoms with Gasteiger partial charge in [0, 0.05) is 76.1 Å². The first-order valence-electron chi connectivity index (χ1n) is 18.9. The minimum Gasteiger partial charge on any atom is -0.478 e. The number of fused-ring (bicyclic) bond motifs is 4. The van der Waals surface area contributed by atoms with E-state index in [1.54, 1.807) is 50.3 Å². The quantitative estimate of drug-likeness (QED) is 0.0732. The van der Waals surface area contributed by atoms with E-state index in [9.17, 15) is 50.2 Å². The smallest absolute Gasteiger partial charge is 0.336 e. The largest absolute Gasteiger partial charge is 0.478 e. The number of rotatable bonds is 13. The highest BCUT2D eigenvalue weighted by Crippen LogP contribution is 2.45. The number of imide groups is 1. The first kappa shape index (κ1) is 42.2. The van der Waals surface area contributed by atoms with Gasteiger partial charge in [-0.25, -0.2) is 4.79 Å². The highest BCUT2D eigenvalue weighted by molar-refractivity contribution is 7.86. The van der Waals surface area contributed by atoms with Crippen molar-refractivity contribution in [2.75, 3.05) is 29.9 Å². The van der Waals surface area contributed by atoms with Gasteiger partial charge in [0.25, 0.3) is 38.0 Å². The first-order chi connectivity index (χ1) is 28.0. The number of carbonyl (C=O) groups excluding carboxylic acids is 3. The molecule has 0 saturated heterocycles. The van der Waals surface area contributed by atoms with Gasteiger partial charge in [-0.15, -0.1) is 0 Å². The summed E-state index contributed by atoms with van der Waals surface area (Å²) in [5.74, 6) is -3.62. The summed E-state index contributed by atoms with van der Waals surface area (Å²) in [6.45, 7) is 7.65. The molecule has 0 aliphatic carbocycles. The molecule has 0 atom stereocenters. The van der Waals surface area contributed by atoms with Gasteiger partial charge in [0.2, 0.25) is 0 Å². The van der Waals surface area contributed by atoms with Crippen LogP contribution in [0.25, 0.3) is 16.7 Å². The lowest BCUT2D eigenvalue weighted by molar-refractivity contribution is -0.136. The number of carbonyl (C=O) groups is 4. The number of benzene rings is 3. The number of amides is 3. The fraction of sp³-hybridized carbons (Fsp3) is 0.310. The van der Waals surface area contributed by atoms with E-state index in [0.717, 1.165) is 4.90 Å². The molecule has 0 fully saturated rings. The maximum atomic E-state index is 13.4. The lowest BCUT2D eigenvalue weighted by atomic mass is 9.84. The summed E-state index contributed by atoms with van der Waals surface area (Å²) >= 11 is 0. The van der Waals surface area contributed by atoms with Crippen LogP contribution in [-0.2, 0) is 29.8 Å². The van der Waals surface area contributed by atoms with Crippen molar-refractivity contribution < 1.29 is 55.0 Å². The van der Waals surface area contributed by atoms with Crippen LogP contribution in [0.1, 0.15) is 89.9 Å². The Kier molecular flexibility index (Phi) is 10.7. The maximum absolute atomic E-state index is 13.4. The molecule has 4 aliphatic rings. The number of aromatic carboxylic acids is 1. The molecule has 5 N–H and O–H groups in total. The van der Waals surface area contributed by atoms with Crippen molar-refractivity contribution in [1.29, 1.82) is 0 Å². The molecule has 4 aliphatic heterocycles. The summed E-state index contributed by atoms with van der Waals surface area (Å²) in [7, 11) is -9.03. The summed E-state index contributed by atoms with van der Waals surface area (Å²) in [6, 6.07) is 10.7. The Morgan fingerprint density at radius 2 is 1.47 bits per heavy atom. The predicted molar refractivity (Wildman–Crippen MR) is 221 cm³/mol. The van der Waals surface area contributed by atoms with Gasteiger partial charge >= 0.3 is 5.97 Å². The molecule has 18 heteroatoms. The first-order valence-corrected chi connectivity index (χ1v) is 22.2. The summed E-state index contributed by atoms with van der Waals surface area (Å²) in [5, 5.41) is 17.5. The average Bonchev–Trinajstić information content (AvgIpc) is 3.44. The van der Waals surface area contributed by atoms with Crippen molar-refractivity contribution in [3.05, 3.63) is 111 Å². The zero-order valence-electron chi connectivity index (χ0n) is 33.0. The fourth-order valence-electron chi connectivity index (χ4n) is 7.96. The number of unbranched alkanes of at least 4 members (excludes halogenated alkanes) is 2. The fourth-order valence-corrected chi connectivity index (χ4v) is 9.23. The second-order valence-electron chi connectivity index (χ2n) is 16.2. The van der Waals surface area contributed by atoms with Gasteiger partial charge < -0.3 is 20.5 Å². The van der Waals surface area contributed by atoms with Gasteiger partial charge in [0.15, 0.2) is 0 Å². The van der Waals surface area contributed by atoms with E-state index < -0.39 is 54.7 Å². The lowest BCUT2D eigenvalue weighted by Crippen LogP contribution is -2.33. The van der Waals surface area contributed by atoms with Crippen molar-refractivity contribution in [3.8, 4) is 11.5 Å². The number of anilines is 1. The Morgan fingerprint density at radius 1 is 0.800 bits per heavy atom. The van der Waals surface area contributed by atoms with Crippen LogP contribution in [0.2, 0.25) is 0 Å². The van der Waals surface area contributed by atoms with E-state index in [4.69, 9.17) is 9.73 Å². The third-order valence-corrected chi connectivity index (χ3v) is 11.6. The number of hydrogen-bond acceptors (Lipinski definition) is 11. The van der Waals surface area contributed by atoms with Crippen LogP contribution in [0.3, 0.4) is 0 Å². The number of ether oxygens (including phenoxy) is 1. The monoisotopic (exact) mass is 858 g/mol. The number of carboxylic acids is 1. The zero-order chi connectivity index (χ0) is 43.5. The van der Waals surface area contributed by atoms with Crippen molar-refractivity contribution in [2.45, 2.75) is 58.0 Å². The third kappa shape index (κ3) is 8.96. The Balaban J connectivity index is 1.33. The molecular formula is C42H42N4O12S2. The molecule has 0 spiro atoms. The summed E-state index contributed by atoms with van der Waals surface area (Å²) < 4.78 is 75.2. The molecule has 3 aromatic carbocycles. The second kappa shape index (κ2) is 15.3. The molecule has 7 rings (SSSR count). The van der Waals surface area contributed by atoms with Crippen LogP contribution in [0, 0.1) is 0 Å². The summed E-state index contributed by atoms with van der Waals surface area (Å²) in [5.41, 5.74) is 0.633. The Labute approximate surface area is 345 Å². The molecule has 0 unspecified atom stereocenters. The highest BCUT2D eigenvalue weighted by atomic mass is 32.2. The van der Waals surface area contributed by atoms with E-state index in [1.807, 2.05) is 13.8 Å². The number of carboxylic acid groups (broad SMARTS) is 1. The highest BCUT2D eigenvalue weighted by Gasteiger charge is 2.33. The summed E-state index contributed by atoms with van der Waals surface area (Å²) in [6.07, 6.45) is 7.38. The topological polar surface area (TPSA) is 246 Å². The van der Waals surface area contributed by atoms with Crippen LogP contribution in [0.5, 0.6) is 11.5 Å². The molecule has 0 bridgehead atoms. The van der Waals surface area contributed by atoms with Crippen LogP contribution in [0.15, 0.2) is 71.8 Å². The SMILES string of the molecule is CC1(C)C=C(CS(=O)(=O)O)c2cc3c(cc2=N1)Oc1cc2c(cc1C=3c1ccc(C(=O)NCCCCCN3C(=O)C=CC3=O)cc1C(=O)O)C(CS(=O)(=O)O)=CC(C)(C)N2. The second-order valence-corrected chi connectivity index (χ2v) is 19.1. The van der Waals surface area contributed by atoms with Gasteiger partial charge in [0.1, 0.15) is 23.0 Å². The van der Waals surface area contributed by atoms with Crippen LogP contribution in [0.4, 0.5) is 5.69 Å². The van der Waals surface area contributed by atoms with Crippen LogP contribution >= 0.6 is 0 Å². The van der Waals surface area contributed by atoms with Gasteiger partial charge in [-0.05, 0) is 87.9 Å². The number of nitrogens with one attached hydrogen (secondary N) is 2. The molecular weight excluding hydrogens is 817 g/mol. The minimum absolute atomic E-state index is 0.0451. The third-order valence-electron chi connectivity index (χ3n) is 10.3. The molecule has 60 heavy (non-hydrogen) atoms. The van der Waals surface area contributed by atoms with Gasteiger partial charge in [-0.1, -0.05) is 18.2 Å². The Bertz CT molecular complexity index is 2860. The standard InChI is InChI=1S/C42H42N4O12S2/c1-41(2)19-24(21-59(52,53)54)27-15-30-34(17-32(27)44-41)58-35-18-33-28(25(22-60(55,56)57)20-42(3,4)45-33)16-31(35)38(30)26-9-8-23(14-29(26)40(50)51)39(49)43-12-6-5-7-13-46-36(47)10-11-37(46)48/h8-11,14-20,44H,5-7,12-13,21-22H2,1-4H3,(H,43,49)(H,50,51)(H,52,53,54)(H,55,56,57). The molecule has 3 aromatic rings. The van der Waals surface area contributed by atoms with Crippen molar-refractivity contribution in [2.24, 2.45) is 4.99 Å². The van der Waals surface area contributed by atoms with Crippen molar-refractivity contribution in [3.63, 3.8) is 0 Å². The van der Waals surface area contributed by atoms with Crippen LogP contribution < -0.4 is 25.9 Å². The molecule has 0 aromatic heterocycles. The molecule has 314 valence electrons. The normalized spacial score (nSPS) is 17.2. The Morgan fingerprint density at radius 3 is 2.12 bits per heavy atom. The predicted octanol–water partition coefficient (Wildman–Crippen LogP) is 3.72. The average molecular weight is 859 g/mol. The molecule has 4 heterocycles. The minimum atomic E-state index is -4.52. The van der Waals surface area contributed by atoms with E-state index >= 15 is 0 Å². The van der Waals surface area contributed by atoms with Crippen LogP contribution in [-0.4, -0.2) is 95.3 Å². The van der Waals surface area contributed by atoms with Gasteiger partial charge in [-0.3, -0.25) is 33.4 Å². The molecule has 0 saturated carbocycles.